The summed E-state index contributed by atoms with van der Waals surface area (Å²) in [6, 6.07) is 11.3. The van der Waals surface area contributed by atoms with Crippen molar-refractivity contribution in [3.05, 3.63) is 58.9 Å². The lowest BCUT2D eigenvalue weighted by molar-refractivity contribution is -0.143. The van der Waals surface area contributed by atoms with E-state index in [2.05, 4.69) is 0 Å². The molecule has 2 aromatic rings. The van der Waals surface area contributed by atoms with Gasteiger partial charge in [-0.05, 0) is 31.9 Å². The van der Waals surface area contributed by atoms with Crippen LogP contribution in [0.3, 0.4) is 0 Å². The summed E-state index contributed by atoms with van der Waals surface area (Å²) < 4.78 is 6.84. The molecule has 1 aromatic heterocycles. The molecule has 0 saturated heterocycles. The number of rotatable bonds is 3. The Kier molecular flexibility index (Phi) is 3.84. The minimum atomic E-state index is -0.265. The van der Waals surface area contributed by atoms with E-state index in [-0.39, 0.29) is 17.7 Å². The topological polar surface area (TPSA) is 48.3 Å². The van der Waals surface area contributed by atoms with Crippen molar-refractivity contribution in [1.29, 1.82) is 0 Å². The molecular weight excluding hydrogens is 278 g/mol. The number of carbonyl (C=O) groups excluding carboxylic acids is 2. The lowest BCUT2D eigenvalue weighted by Crippen LogP contribution is -2.24. The first kappa shape index (κ1) is 14.6. The zero-order valence-corrected chi connectivity index (χ0v) is 12.8. The summed E-state index contributed by atoms with van der Waals surface area (Å²) in [5, 5.41) is 0. The molecule has 0 radical (unpaired) electrons. The van der Waals surface area contributed by atoms with Gasteiger partial charge in [-0.15, -0.1) is 0 Å². The number of ketones is 1. The predicted molar refractivity (Wildman–Crippen MR) is 83.0 cm³/mol. The minimum absolute atomic E-state index is 0.00299. The Morgan fingerprint density at radius 2 is 1.86 bits per heavy atom. The molecule has 0 spiro atoms. The van der Waals surface area contributed by atoms with E-state index in [0.717, 1.165) is 30.6 Å². The Morgan fingerprint density at radius 1 is 1.14 bits per heavy atom. The van der Waals surface area contributed by atoms with E-state index in [0.29, 0.717) is 11.3 Å². The van der Waals surface area contributed by atoms with Crippen LogP contribution in [0.15, 0.2) is 36.4 Å². The van der Waals surface area contributed by atoms with Gasteiger partial charge in [0, 0.05) is 17.8 Å². The van der Waals surface area contributed by atoms with Crippen LogP contribution < -0.4 is 0 Å². The second kappa shape index (κ2) is 5.79. The van der Waals surface area contributed by atoms with Crippen LogP contribution in [-0.4, -0.2) is 23.4 Å². The molecule has 22 heavy (non-hydrogen) atoms. The molecule has 0 saturated carbocycles. The number of esters is 1. The van der Waals surface area contributed by atoms with Crippen molar-refractivity contribution in [2.45, 2.75) is 32.2 Å². The van der Waals surface area contributed by atoms with Crippen molar-refractivity contribution in [1.82, 2.24) is 4.57 Å². The zero-order chi connectivity index (χ0) is 15.7. The van der Waals surface area contributed by atoms with E-state index in [4.69, 9.17) is 4.74 Å². The highest BCUT2D eigenvalue weighted by atomic mass is 16.5. The van der Waals surface area contributed by atoms with E-state index in [1.807, 2.05) is 47.9 Å². The third kappa shape index (κ3) is 2.45. The number of ether oxygens (including phenoxy) is 1. The van der Waals surface area contributed by atoms with Crippen LogP contribution in [0.2, 0.25) is 0 Å². The third-order valence-electron chi connectivity index (χ3n) is 4.28. The zero-order valence-electron chi connectivity index (χ0n) is 12.8. The maximum Gasteiger partial charge on any atom is 0.314 e. The van der Waals surface area contributed by atoms with Crippen LogP contribution in [0.5, 0.6) is 0 Å². The molecule has 1 aromatic carbocycles. The molecule has 0 amide bonds. The highest BCUT2D eigenvalue weighted by molar-refractivity contribution is 6.08. The standard InChI is InChI=1S/C18H19NO3/c1-12-5-7-13(8-6-12)17(20)16-10-9-15-14(18(21)22-2)4-3-11-19(15)16/h5-10,14H,3-4,11H2,1-2H3. The van der Waals surface area contributed by atoms with E-state index in [1.54, 1.807) is 0 Å². The van der Waals surface area contributed by atoms with Crippen molar-refractivity contribution < 1.29 is 14.3 Å². The molecule has 114 valence electrons. The molecule has 1 aliphatic rings. The van der Waals surface area contributed by atoms with Crippen molar-refractivity contribution >= 4 is 11.8 Å². The van der Waals surface area contributed by atoms with Gasteiger partial charge in [0.15, 0.2) is 0 Å². The molecule has 3 rings (SSSR count). The lowest BCUT2D eigenvalue weighted by atomic mass is 9.96. The average molecular weight is 297 g/mol. The SMILES string of the molecule is COC(=O)C1CCCn2c(C(=O)c3ccc(C)cc3)ccc21. The van der Waals surface area contributed by atoms with Gasteiger partial charge in [-0.25, -0.2) is 0 Å². The Balaban J connectivity index is 1.96. The van der Waals surface area contributed by atoms with Crippen molar-refractivity contribution in [3.8, 4) is 0 Å². The fourth-order valence-corrected chi connectivity index (χ4v) is 3.07. The van der Waals surface area contributed by atoms with Crippen molar-refractivity contribution in [3.63, 3.8) is 0 Å². The van der Waals surface area contributed by atoms with Gasteiger partial charge in [0.05, 0.1) is 18.7 Å². The van der Waals surface area contributed by atoms with Crippen LogP contribution in [0.25, 0.3) is 0 Å². The molecule has 0 fully saturated rings. The van der Waals surface area contributed by atoms with Gasteiger partial charge < -0.3 is 9.30 Å². The number of nitrogens with zero attached hydrogens (tertiary/aromatic N) is 1. The van der Waals surface area contributed by atoms with Crippen LogP contribution in [0.4, 0.5) is 0 Å². The largest absolute Gasteiger partial charge is 0.469 e. The Bertz CT molecular complexity index is 712. The van der Waals surface area contributed by atoms with Crippen LogP contribution in [0, 0.1) is 6.92 Å². The van der Waals surface area contributed by atoms with Gasteiger partial charge in [0.1, 0.15) is 0 Å². The molecule has 0 aliphatic carbocycles. The molecule has 1 unspecified atom stereocenters. The van der Waals surface area contributed by atoms with E-state index < -0.39 is 0 Å². The average Bonchev–Trinajstić information content (AvgIpc) is 2.98. The molecule has 4 nitrogen and oxygen atoms in total. The molecule has 0 bridgehead atoms. The normalized spacial score (nSPS) is 16.9. The quantitative estimate of drug-likeness (QED) is 0.646. The van der Waals surface area contributed by atoms with Gasteiger partial charge >= 0.3 is 5.97 Å². The molecular formula is C18H19NO3. The minimum Gasteiger partial charge on any atom is -0.469 e. The van der Waals surface area contributed by atoms with E-state index in [1.165, 1.54) is 7.11 Å². The summed E-state index contributed by atoms with van der Waals surface area (Å²) in [5.41, 5.74) is 3.33. The summed E-state index contributed by atoms with van der Waals surface area (Å²) in [7, 11) is 1.41. The maximum atomic E-state index is 12.7. The second-order valence-electron chi connectivity index (χ2n) is 5.71. The number of hydrogen-bond acceptors (Lipinski definition) is 3. The molecule has 4 heteroatoms. The number of hydrogen-bond donors (Lipinski definition) is 0. The van der Waals surface area contributed by atoms with Gasteiger partial charge in [0.25, 0.3) is 0 Å². The van der Waals surface area contributed by atoms with Crippen LogP contribution in [-0.2, 0) is 16.1 Å². The summed E-state index contributed by atoms with van der Waals surface area (Å²) in [6.45, 7) is 2.76. The number of carbonyl (C=O) groups is 2. The Hall–Kier alpha value is -2.36. The van der Waals surface area contributed by atoms with Gasteiger partial charge in [-0.2, -0.15) is 0 Å². The highest BCUT2D eigenvalue weighted by Crippen LogP contribution is 2.31. The number of methoxy groups -OCH3 is 1. The predicted octanol–water partition coefficient (Wildman–Crippen LogP) is 3.08. The summed E-state index contributed by atoms with van der Waals surface area (Å²) in [6.07, 6.45) is 1.64. The molecule has 2 heterocycles. The highest BCUT2D eigenvalue weighted by Gasteiger charge is 2.30. The summed E-state index contributed by atoms with van der Waals surface area (Å²) in [5.74, 6) is -0.497. The third-order valence-corrected chi connectivity index (χ3v) is 4.28. The van der Waals surface area contributed by atoms with Gasteiger partial charge in [-0.1, -0.05) is 29.8 Å². The first-order chi connectivity index (χ1) is 10.6. The maximum absolute atomic E-state index is 12.7. The molecule has 1 aliphatic heterocycles. The monoisotopic (exact) mass is 297 g/mol. The van der Waals surface area contributed by atoms with E-state index >= 15 is 0 Å². The van der Waals surface area contributed by atoms with Gasteiger partial charge in [0.2, 0.25) is 5.78 Å². The van der Waals surface area contributed by atoms with Crippen molar-refractivity contribution in [2.24, 2.45) is 0 Å². The fraction of sp³-hybridized carbons (Fsp3) is 0.333. The van der Waals surface area contributed by atoms with Gasteiger partial charge in [-0.3, -0.25) is 9.59 Å². The van der Waals surface area contributed by atoms with Crippen LogP contribution in [0.1, 0.15) is 46.1 Å². The number of aromatic nitrogens is 1. The Labute approximate surface area is 129 Å². The molecule has 1 atom stereocenters. The number of benzene rings is 1. The fourth-order valence-electron chi connectivity index (χ4n) is 3.07. The molecule has 0 N–H and O–H groups in total. The number of fused-ring (bicyclic) bond motifs is 1. The number of aryl methyl sites for hydroxylation is 1. The smallest absolute Gasteiger partial charge is 0.314 e. The first-order valence-corrected chi connectivity index (χ1v) is 7.50. The van der Waals surface area contributed by atoms with Crippen LogP contribution >= 0.6 is 0 Å². The second-order valence-corrected chi connectivity index (χ2v) is 5.71. The summed E-state index contributed by atoms with van der Waals surface area (Å²) in [4.78, 5) is 24.6. The Morgan fingerprint density at radius 3 is 2.55 bits per heavy atom. The first-order valence-electron chi connectivity index (χ1n) is 7.50. The summed E-state index contributed by atoms with van der Waals surface area (Å²) >= 11 is 0. The van der Waals surface area contributed by atoms with Crippen molar-refractivity contribution in [2.75, 3.05) is 7.11 Å². The van der Waals surface area contributed by atoms with E-state index in [9.17, 15) is 9.59 Å². The lowest BCUT2D eigenvalue weighted by Gasteiger charge is -2.24.